The Hall–Kier alpha value is -3.79. The van der Waals surface area contributed by atoms with Gasteiger partial charge in [-0.25, -0.2) is 9.59 Å². The molecule has 2 aromatic rings. The normalized spacial score (nSPS) is 21.3. The van der Waals surface area contributed by atoms with Crippen molar-refractivity contribution in [3.05, 3.63) is 59.7 Å². The number of esters is 2. The number of nitrogens with one attached hydrogen (secondary N) is 1. The molecule has 1 N–H and O–H groups in total. The molecule has 7 nitrogen and oxygen atoms in total. The van der Waals surface area contributed by atoms with Gasteiger partial charge in [0.1, 0.15) is 11.5 Å². The van der Waals surface area contributed by atoms with Crippen LogP contribution >= 0.6 is 0 Å². The van der Waals surface area contributed by atoms with Crippen LogP contribution in [-0.4, -0.2) is 37.1 Å². The summed E-state index contributed by atoms with van der Waals surface area (Å²) in [6.45, 7) is 1.65. The zero-order valence-electron chi connectivity index (χ0n) is 17.8. The number of rotatable bonds is 5. The molecule has 0 aromatic heterocycles. The van der Waals surface area contributed by atoms with Crippen molar-refractivity contribution in [2.75, 3.05) is 13.7 Å². The van der Waals surface area contributed by atoms with Gasteiger partial charge >= 0.3 is 11.9 Å². The summed E-state index contributed by atoms with van der Waals surface area (Å²) in [5.41, 5.74) is -1.35. The minimum absolute atomic E-state index is 0.0245. The first-order valence-electron chi connectivity index (χ1n) is 10.5. The largest absolute Gasteiger partial charge is 0.497 e. The van der Waals surface area contributed by atoms with E-state index in [1.807, 2.05) is 0 Å². The molecule has 2 aliphatic rings. The smallest absolute Gasteiger partial charge is 0.350 e. The van der Waals surface area contributed by atoms with Crippen LogP contribution in [0.3, 0.4) is 0 Å². The van der Waals surface area contributed by atoms with Gasteiger partial charge in [0.05, 0.1) is 19.6 Å². The zero-order chi connectivity index (χ0) is 22.7. The number of hydrogen-bond donors (Lipinski definition) is 1. The summed E-state index contributed by atoms with van der Waals surface area (Å²) in [5.74, 6) is 3.91. The summed E-state index contributed by atoms with van der Waals surface area (Å²) in [6, 6.07) is 13.2. The molecule has 1 aliphatic heterocycles. The molecule has 4 rings (SSSR count). The van der Waals surface area contributed by atoms with Crippen molar-refractivity contribution >= 4 is 17.8 Å². The average Bonchev–Trinajstić information content (AvgIpc) is 3.63. The molecule has 164 valence electrons. The number of benzene rings is 2. The maximum atomic E-state index is 13.3. The Bertz CT molecular complexity index is 1110. The van der Waals surface area contributed by atoms with Crippen molar-refractivity contribution < 1.29 is 28.6 Å². The van der Waals surface area contributed by atoms with E-state index in [2.05, 4.69) is 17.2 Å². The number of ether oxygens (including phenoxy) is 3. The van der Waals surface area contributed by atoms with E-state index in [4.69, 9.17) is 14.2 Å². The molecule has 0 spiro atoms. The van der Waals surface area contributed by atoms with Gasteiger partial charge in [0.2, 0.25) is 0 Å². The second kappa shape index (κ2) is 8.75. The van der Waals surface area contributed by atoms with Crippen molar-refractivity contribution in [3.8, 4) is 23.3 Å². The highest BCUT2D eigenvalue weighted by atomic mass is 16.6. The van der Waals surface area contributed by atoms with Gasteiger partial charge in [0.15, 0.2) is 0 Å². The lowest BCUT2D eigenvalue weighted by molar-refractivity contribution is -0.162. The van der Waals surface area contributed by atoms with Crippen LogP contribution in [0, 0.1) is 17.8 Å². The third-order valence-electron chi connectivity index (χ3n) is 5.46. The number of fused-ring (bicyclic) bond motifs is 1. The maximum absolute atomic E-state index is 13.3. The molecule has 0 saturated heterocycles. The first kappa shape index (κ1) is 21.4. The summed E-state index contributed by atoms with van der Waals surface area (Å²) in [5, 5.41) is 2.62. The standard InChI is InChI=1S/C25H23NO6/c1-3-31-23(28)25(26-22(27)17-11-13-18(30-2)14-12-17)20(15-10-16-8-9-16)19-6-4-5-7-21(19)32-24(25)29/h4-7,11-14,16,20H,3,8-9H2,1-2H3,(H,26,27)/t20-,25-/m1/s1. The number of carbonyl (C=O) groups is 3. The quantitative estimate of drug-likeness (QED) is 0.338. The molecule has 7 heteroatoms. The van der Waals surface area contributed by atoms with Crippen LogP contribution in [0.15, 0.2) is 48.5 Å². The van der Waals surface area contributed by atoms with E-state index >= 15 is 0 Å². The lowest BCUT2D eigenvalue weighted by Gasteiger charge is -2.38. The highest BCUT2D eigenvalue weighted by molar-refractivity contribution is 6.13. The fraction of sp³-hybridized carbons (Fsp3) is 0.320. The Morgan fingerprint density at radius 3 is 2.50 bits per heavy atom. The van der Waals surface area contributed by atoms with Gasteiger partial charge in [-0.05, 0) is 50.1 Å². The number of carbonyl (C=O) groups excluding carboxylic acids is 3. The van der Waals surface area contributed by atoms with E-state index in [9.17, 15) is 14.4 Å². The van der Waals surface area contributed by atoms with E-state index in [1.165, 1.54) is 7.11 Å². The average molecular weight is 433 g/mol. The van der Waals surface area contributed by atoms with Gasteiger partial charge < -0.3 is 19.5 Å². The van der Waals surface area contributed by atoms with Gasteiger partial charge in [-0.3, -0.25) is 4.79 Å². The summed E-state index contributed by atoms with van der Waals surface area (Å²) < 4.78 is 15.9. The molecule has 1 fully saturated rings. The van der Waals surface area contributed by atoms with Crippen LogP contribution in [0.5, 0.6) is 11.5 Å². The summed E-state index contributed by atoms with van der Waals surface area (Å²) in [4.78, 5) is 39.7. The summed E-state index contributed by atoms with van der Waals surface area (Å²) >= 11 is 0. The molecule has 32 heavy (non-hydrogen) atoms. The van der Waals surface area contributed by atoms with E-state index in [-0.39, 0.29) is 18.1 Å². The van der Waals surface area contributed by atoms with Gasteiger partial charge in [-0.1, -0.05) is 30.0 Å². The Morgan fingerprint density at radius 1 is 1.12 bits per heavy atom. The van der Waals surface area contributed by atoms with Crippen molar-refractivity contribution in [1.82, 2.24) is 5.32 Å². The third-order valence-corrected chi connectivity index (χ3v) is 5.46. The monoisotopic (exact) mass is 433 g/mol. The second-order valence-electron chi connectivity index (χ2n) is 7.63. The highest BCUT2D eigenvalue weighted by Gasteiger charge is 2.60. The first-order chi connectivity index (χ1) is 15.5. The lowest BCUT2D eigenvalue weighted by Crippen LogP contribution is -2.66. The topological polar surface area (TPSA) is 90.9 Å². The maximum Gasteiger partial charge on any atom is 0.350 e. The fourth-order valence-electron chi connectivity index (χ4n) is 3.57. The van der Waals surface area contributed by atoms with Crippen LogP contribution in [0.2, 0.25) is 0 Å². The number of hydrogen-bond acceptors (Lipinski definition) is 6. The molecule has 2 atom stereocenters. The molecule has 1 amide bonds. The highest BCUT2D eigenvalue weighted by Crippen LogP contribution is 2.41. The van der Waals surface area contributed by atoms with Crippen LogP contribution in [0.4, 0.5) is 0 Å². The predicted octanol–water partition coefficient (Wildman–Crippen LogP) is 2.84. The van der Waals surface area contributed by atoms with E-state index in [1.54, 1.807) is 55.5 Å². The Morgan fingerprint density at radius 2 is 1.84 bits per heavy atom. The third kappa shape index (κ3) is 3.92. The minimum atomic E-state index is -2.14. The Balaban J connectivity index is 1.81. The molecule has 0 bridgehead atoms. The van der Waals surface area contributed by atoms with Crippen molar-refractivity contribution in [2.45, 2.75) is 31.2 Å². The number of amides is 1. The van der Waals surface area contributed by atoms with Crippen molar-refractivity contribution in [1.29, 1.82) is 0 Å². The van der Waals surface area contributed by atoms with Crippen LogP contribution in [-0.2, 0) is 14.3 Å². The zero-order valence-corrected chi connectivity index (χ0v) is 17.8. The molecule has 1 heterocycles. The van der Waals surface area contributed by atoms with Gasteiger partial charge in [0, 0.05) is 17.0 Å². The van der Waals surface area contributed by atoms with E-state index < -0.39 is 29.3 Å². The van der Waals surface area contributed by atoms with Gasteiger partial charge in [-0.15, -0.1) is 0 Å². The van der Waals surface area contributed by atoms with Crippen LogP contribution in [0.25, 0.3) is 0 Å². The van der Waals surface area contributed by atoms with Crippen molar-refractivity contribution in [2.24, 2.45) is 5.92 Å². The molecule has 2 aromatic carbocycles. The van der Waals surface area contributed by atoms with Crippen LogP contribution in [0.1, 0.15) is 41.6 Å². The lowest BCUT2D eigenvalue weighted by atomic mass is 9.76. The number of methoxy groups -OCH3 is 1. The first-order valence-corrected chi connectivity index (χ1v) is 10.5. The predicted molar refractivity (Wildman–Crippen MR) is 115 cm³/mol. The molecule has 0 unspecified atom stereocenters. The molecular formula is C25H23NO6. The SMILES string of the molecule is CCOC(=O)[C@@]1(NC(=O)c2ccc(OC)cc2)C(=O)Oc2ccccc2[C@H]1C#CC1CC1. The minimum Gasteiger partial charge on any atom is -0.497 e. The molecule has 1 saturated carbocycles. The summed E-state index contributed by atoms with van der Waals surface area (Å²) in [6.07, 6.45) is 1.94. The Labute approximate surface area is 186 Å². The summed E-state index contributed by atoms with van der Waals surface area (Å²) in [7, 11) is 1.52. The van der Waals surface area contributed by atoms with Crippen molar-refractivity contribution in [3.63, 3.8) is 0 Å². The van der Waals surface area contributed by atoms with E-state index in [0.717, 1.165) is 12.8 Å². The van der Waals surface area contributed by atoms with Crippen LogP contribution < -0.4 is 14.8 Å². The van der Waals surface area contributed by atoms with Gasteiger partial charge in [0.25, 0.3) is 11.4 Å². The van der Waals surface area contributed by atoms with E-state index in [0.29, 0.717) is 17.1 Å². The molecular weight excluding hydrogens is 410 g/mol. The second-order valence-corrected chi connectivity index (χ2v) is 7.63. The molecule has 0 radical (unpaired) electrons. The van der Waals surface area contributed by atoms with Gasteiger partial charge in [-0.2, -0.15) is 0 Å². The molecule has 1 aliphatic carbocycles. The number of para-hydroxylation sites is 1. The Kier molecular flexibility index (Phi) is 5.87. The fourth-order valence-corrected chi connectivity index (χ4v) is 3.57.